The predicted molar refractivity (Wildman–Crippen MR) is 125 cm³/mol. The third-order valence-electron chi connectivity index (χ3n) is 5.49. The molecule has 0 atom stereocenters. The average molecular weight is 471 g/mol. The zero-order chi connectivity index (χ0) is 22.4. The van der Waals surface area contributed by atoms with Gasteiger partial charge in [-0.25, -0.2) is 13.1 Å². The van der Waals surface area contributed by atoms with E-state index in [9.17, 15) is 13.2 Å². The van der Waals surface area contributed by atoms with Gasteiger partial charge in [-0.15, -0.1) is 11.3 Å². The minimum absolute atomic E-state index is 0.0304. The van der Waals surface area contributed by atoms with Crippen molar-refractivity contribution in [3.63, 3.8) is 0 Å². The molecular weight excluding hydrogens is 444 g/mol. The Kier molecular flexibility index (Phi) is 7.24. The molecule has 2 aromatic carbocycles. The average Bonchev–Trinajstić information content (AvgIpc) is 3.36. The fourth-order valence-corrected chi connectivity index (χ4v) is 6.09. The van der Waals surface area contributed by atoms with Crippen LogP contribution in [0.15, 0.2) is 76.3 Å². The largest absolute Gasteiger partial charge is 0.483 e. The van der Waals surface area contributed by atoms with E-state index in [2.05, 4.69) is 16.9 Å². The number of benzene rings is 2. The van der Waals surface area contributed by atoms with Gasteiger partial charge in [-0.1, -0.05) is 54.6 Å². The van der Waals surface area contributed by atoms with Crippen molar-refractivity contribution in [3.8, 4) is 5.75 Å². The summed E-state index contributed by atoms with van der Waals surface area (Å²) in [5, 5.41) is 1.74. The smallest absolute Gasteiger partial charge is 0.260 e. The van der Waals surface area contributed by atoms with E-state index in [1.54, 1.807) is 22.4 Å². The van der Waals surface area contributed by atoms with Crippen LogP contribution >= 0.6 is 11.3 Å². The molecule has 1 fully saturated rings. The minimum Gasteiger partial charge on any atom is -0.483 e. The SMILES string of the molecule is O=C(COc1ccccc1Cc1ccccc1)N1CCC(NS(=O)(=O)c2cccs2)CC1. The molecule has 8 heteroatoms. The van der Waals surface area contributed by atoms with Gasteiger partial charge in [-0.2, -0.15) is 0 Å². The quantitative estimate of drug-likeness (QED) is 0.545. The standard InChI is InChI=1S/C24H26N2O4S2/c27-23(18-30-22-10-5-4-9-20(22)17-19-7-2-1-3-8-19)26-14-12-21(13-15-26)25-32(28,29)24-11-6-16-31-24/h1-11,16,21,25H,12-15,17-18H2. The molecule has 0 spiro atoms. The van der Waals surface area contributed by atoms with Crippen molar-refractivity contribution in [2.45, 2.75) is 29.5 Å². The molecule has 32 heavy (non-hydrogen) atoms. The molecule has 1 N–H and O–H groups in total. The number of carbonyl (C=O) groups is 1. The second-order valence-corrected chi connectivity index (χ2v) is 10.7. The number of ether oxygens (including phenoxy) is 1. The normalized spacial score (nSPS) is 14.9. The van der Waals surface area contributed by atoms with Crippen molar-refractivity contribution < 1.29 is 17.9 Å². The van der Waals surface area contributed by atoms with E-state index >= 15 is 0 Å². The topological polar surface area (TPSA) is 75.7 Å². The summed E-state index contributed by atoms with van der Waals surface area (Å²) in [7, 11) is -3.49. The Morgan fingerprint density at radius 3 is 2.44 bits per heavy atom. The molecule has 1 amide bonds. The first kappa shape index (κ1) is 22.5. The monoisotopic (exact) mass is 470 g/mol. The van der Waals surface area contributed by atoms with Gasteiger partial charge >= 0.3 is 0 Å². The molecule has 2 heterocycles. The fourth-order valence-electron chi connectivity index (χ4n) is 3.78. The number of sulfonamides is 1. The Balaban J connectivity index is 1.28. The van der Waals surface area contributed by atoms with Crippen LogP contribution in [0.25, 0.3) is 0 Å². The minimum atomic E-state index is -3.49. The van der Waals surface area contributed by atoms with Gasteiger partial charge in [0.05, 0.1) is 0 Å². The zero-order valence-corrected chi connectivity index (χ0v) is 19.3. The number of nitrogens with one attached hydrogen (secondary N) is 1. The Morgan fingerprint density at radius 1 is 1.00 bits per heavy atom. The van der Waals surface area contributed by atoms with Crippen LogP contribution in [-0.4, -0.2) is 45.0 Å². The van der Waals surface area contributed by atoms with Crippen molar-refractivity contribution in [3.05, 3.63) is 83.2 Å². The Morgan fingerprint density at radius 2 is 1.72 bits per heavy atom. The van der Waals surface area contributed by atoms with Crippen molar-refractivity contribution >= 4 is 27.3 Å². The molecule has 0 bridgehead atoms. The van der Waals surface area contributed by atoms with Gasteiger partial charge < -0.3 is 9.64 Å². The van der Waals surface area contributed by atoms with Crippen molar-refractivity contribution in [1.29, 1.82) is 0 Å². The van der Waals surface area contributed by atoms with E-state index in [1.807, 2.05) is 42.5 Å². The lowest BCUT2D eigenvalue weighted by molar-refractivity contribution is -0.134. The maximum absolute atomic E-state index is 12.7. The number of rotatable bonds is 8. The molecule has 1 aromatic heterocycles. The molecule has 0 aliphatic carbocycles. The number of amides is 1. The maximum atomic E-state index is 12.7. The summed E-state index contributed by atoms with van der Waals surface area (Å²) < 4.78 is 33.8. The number of hydrogen-bond donors (Lipinski definition) is 1. The van der Waals surface area contributed by atoms with Crippen LogP contribution in [0.1, 0.15) is 24.0 Å². The Bertz CT molecular complexity index is 1120. The van der Waals surface area contributed by atoms with Crippen molar-refractivity contribution in [2.24, 2.45) is 0 Å². The summed E-state index contributed by atoms with van der Waals surface area (Å²) in [4.78, 5) is 14.4. The van der Waals surface area contributed by atoms with Crippen LogP contribution < -0.4 is 9.46 Å². The van der Waals surface area contributed by atoms with Gasteiger partial charge in [0.2, 0.25) is 10.0 Å². The molecule has 1 aliphatic heterocycles. The van der Waals surface area contributed by atoms with Gasteiger partial charge in [0, 0.05) is 25.6 Å². The zero-order valence-electron chi connectivity index (χ0n) is 17.6. The molecule has 3 aromatic rings. The highest BCUT2D eigenvalue weighted by Crippen LogP contribution is 2.22. The number of hydrogen-bond acceptors (Lipinski definition) is 5. The molecular formula is C24H26N2O4S2. The third-order valence-corrected chi connectivity index (χ3v) is 8.41. The molecule has 1 saturated heterocycles. The molecule has 4 rings (SSSR count). The second-order valence-electron chi connectivity index (χ2n) is 7.77. The summed E-state index contributed by atoms with van der Waals surface area (Å²) in [5.74, 6) is 0.627. The number of likely N-dealkylation sites (tertiary alicyclic amines) is 1. The first-order chi connectivity index (χ1) is 15.5. The molecule has 0 radical (unpaired) electrons. The predicted octanol–water partition coefficient (Wildman–Crippen LogP) is 3.69. The molecule has 168 valence electrons. The van der Waals surface area contributed by atoms with E-state index in [-0.39, 0.29) is 18.6 Å². The van der Waals surface area contributed by atoms with Crippen LogP contribution in [0.3, 0.4) is 0 Å². The molecule has 6 nitrogen and oxygen atoms in total. The lowest BCUT2D eigenvalue weighted by Crippen LogP contribution is -2.47. The summed E-state index contributed by atoms with van der Waals surface area (Å²) in [6.45, 7) is 0.981. The van der Waals surface area contributed by atoms with E-state index in [1.165, 1.54) is 16.9 Å². The summed E-state index contributed by atoms with van der Waals surface area (Å²) >= 11 is 1.20. The lowest BCUT2D eigenvalue weighted by atomic mass is 10.0. The number of piperidine rings is 1. The number of thiophene rings is 1. The number of carbonyl (C=O) groups excluding carboxylic acids is 1. The number of nitrogens with zero attached hydrogens (tertiary/aromatic N) is 1. The van der Waals surface area contributed by atoms with Crippen molar-refractivity contribution in [1.82, 2.24) is 9.62 Å². The summed E-state index contributed by atoms with van der Waals surface area (Å²) in [5.41, 5.74) is 2.22. The van der Waals surface area contributed by atoms with Gasteiger partial charge in [0.15, 0.2) is 6.61 Å². The molecule has 0 saturated carbocycles. The lowest BCUT2D eigenvalue weighted by Gasteiger charge is -2.32. The second kappa shape index (κ2) is 10.3. The van der Waals surface area contributed by atoms with Crippen LogP contribution in [0.4, 0.5) is 0 Å². The van der Waals surface area contributed by atoms with Gasteiger partial charge in [0.25, 0.3) is 5.91 Å². The molecule has 1 aliphatic rings. The fraction of sp³-hybridized carbons (Fsp3) is 0.292. The maximum Gasteiger partial charge on any atom is 0.260 e. The number of para-hydroxylation sites is 1. The van der Waals surface area contributed by atoms with Crippen LogP contribution in [0.2, 0.25) is 0 Å². The van der Waals surface area contributed by atoms with E-state index < -0.39 is 10.0 Å². The van der Waals surface area contributed by atoms with Crippen LogP contribution in [-0.2, 0) is 21.2 Å². The highest BCUT2D eigenvalue weighted by Gasteiger charge is 2.27. The first-order valence-electron chi connectivity index (χ1n) is 10.6. The van der Waals surface area contributed by atoms with E-state index in [0.717, 1.165) is 12.0 Å². The Hall–Kier alpha value is -2.68. The van der Waals surface area contributed by atoms with Gasteiger partial charge in [-0.05, 0) is 41.5 Å². The van der Waals surface area contributed by atoms with E-state index in [0.29, 0.717) is 35.9 Å². The highest BCUT2D eigenvalue weighted by molar-refractivity contribution is 7.91. The van der Waals surface area contributed by atoms with Gasteiger partial charge in [-0.3, -0.25) is 4.79 Å². The summed E-state index contributed by atoms with van der Waals surface area (Å²) in [6.07, 6.45) is 1.91. The van der Waals surface area contributed by atoms with Crippen LogP contribution in [0.5, 0.6) is 5.75 Å². The Labute approximate surface area is 192 Å². The summed E-state index contributed by atoms with van der Waals surface area (Å²) in [6, 6.07) is 21.1. The highest BCUT2D eigenvalue weighted by atomic mass is 32.2. The van der Waals surface area contributed by atoms with E-state index in [4.69, 9.17) is 4.74 Å². The molecule has 0 unspecified atom stereocenters. The van der Waals surface area contributed by atoms with Crippen molar-refractivity contribution in [2.75, 3.05) is 19.7 Å². The first-order valence-corrected chi connectivity index (χ1v) is 13.0. The van der Waals surface area contributed by atoms with Gasteiger partial charge in [0.1, 0.15) is 9.96 Å². The third kappa shape index (κ3) is 5.76. The van der Waals surface area contributed by atoms with Crippen LogP contribution in [0, 0.1) is 0 Å².